The van der Waals surface area contributed by atoms with E-state index in [-0.39, 0.29) is 25.1 Å². The van der Waals surface area contributed by atoms with E-state index in [0.717, 1.165) is 11.3 Å². The van der Waals surface area contributed by atoms with Gasteiger partial charge in [0.05, 0.1) is 41.9 Å². The molecule has 1 fully saturated rings. The lowest BCUT2D eigenvalue weighted by atomic mass is 9.89. The first-order chi connectivity index (χ1) is 18.0. The predicted octanol–water partition coefficient (Wildman–Crippen LogP) is 3.89. The van der Waals surface area contributed by atoms with Crippen LogP contribution in [-0.4, -0.2) is 56.6 Å². The zero-order chi connectivity index (χ0) is 25.8. The number of methoxy groups -OCH3 is 1. The Balaban J connectivity index is 1.35. The lowest BCUT2D eigenvalue weighted by Gasteiger charge is -2.42. The smallest absolute Gasteiger partial charge is 0.338 e. The average Bonchev–Trinajstić information content (AvgIpc) is 3.65. The SMILES string of the molecule is COc1ccc([C@H]2C[C@H](n3cc(COC(=O)c4ccccc4)nn3)[C@@H](O)CN2C(=O)c2cccs2)cc1. The molecule has 0 bridgehead atoms. The quantitative estimate of drug-likeness (QED) is 0.370. The van der Waals surface area contributed by atoms with Gasteiger partial charge in [-0.25, -0.2) is 9.48 Å². The summed E-state index contributed by atoms with van der Waals surface area (Å²) in [5.74, 6) is 0.147. The van der Waals surface area contributed by atoms with Crippen LogP contribution in [0.5, 0.6) is 5.75 Å². The number of nitrogens with zero attached hydrogens (tertiary/aromatic N) is 4. The maximum atomic E-state index is 13.3. The minimum atomic E-state index is -0.861. The van der Waals surface area contributed by atoms with E-state index in [1.54, 1.807) is 53.2 Å². The van der Waals surface area contributed by atoms with Crippen molar-refractivity contribution in [3.05, 3.63) is 100 Å². The monoisotopic (exact) mass is 518 g/mol. The number of benzene rings is 2. The molecular weight excluding hydrogens is 492 g/mol. The molecule has 1 aliphatic heterocycles. The first-order valence-electron chi connectivity index (χ1n) is 11.8. The topological polar surface area (TPSA) is 107 Å². The molecule has 1 aliphatic rings. The van der Waals surface area contributed by atoms with E-state index in [4.69, 9.17) is 9.47 Å². The lowest BCUT2D eigenvalue weighted by molar-refractivity contribution is -0.00385. The number of hydrogen-bond donors (Lipinski definition) is 1. The summed E-state index contributed by atoms with van der Waals surface area (Å²) >= 11 is 1.37. The summed E-state index contributed by atoms with van der Waals surface area (Å²) < 4.78 is 12.3. The Bertz CT molecular complexity index is 1340. The summed E-state index contributed by atoms with van der Waals surface area (Å²) in [6, 6.07) is 19.2. The second kappa shape index (κ2) is 10.9. The molecule has 0 saturated carbocycles. The predicted molar refractivity (Wildman–Crippen MR) is 136 cm³/mol. The fraction of sp³-hybridized carbons (Fsp3) is 0.259. The summed E-state index contributed by atoms with van der Waals surface area (Å²) in [6.07, 6.45) is 1.24. The molecule has 3 atom stereocenters. The van der Waals surface area contributed by atoms with E-state index in [2.05, 4.69) is 10.3 Å². The first-order valence-corrected chi connectivity index (χ1v) is 12.7. The average molecular weight is 519 g/mol. The number of aliphatic hydroxyl groups excluding tert-OH is 1. The van der Waals surface area contributed by atoms with Crippen LogP contribution in [0.2, 0.25) is 0 Å². The van der Waals surface area contributed by atoms with Crippen molar-refractivity contribution in [3.63, 3.8) is 0 Å². The van der Waals surface area contributed by atoms with Gasteiger partial charge in [-0.1, -0.05) is 41.6 Å². The second-order valence-corrected chi connectivity index (χ2v) is 9.67. The van der Waals surface area contributed by atoms with Gasteiger partial charge >= 0.3 is 5.97 Å². The molecule has 1 amide bonds. The molecule has 4 aromatic rings. The van der Waals surface area contributed by atoms with E-state index >= 15 is 0 Å². The molecule has 1 N–H and O–H groups in total. The summed E-state index contributed by atoms with van der Waals surface area (Å²) in [7, 11) is 1.61. The highest BCUT2D eigenvalue weighted by Gasteiger charge is 2.40. The number of rotatable bonds is 7. The van der Waals surface area contributed by atoms with Crippen LogP contribution >= 0.6 is 11.3 Å². The molecule has 2 aromatic carbocycles. The molecule has 2 aromatic heterocycles. The number of hydrogen-bond acceptors (Lipinski definition) is 8. The number of aliphatic hydroxyl groups is 1. The molecular formula is C27H26N4O5S. The number of ether oxygens (including phenoxy) is 2. The van der Waals surface area contributed by atoms with Crippen molar-refractivity contribution in [1.29, 1.82) is 0 Å². The van der Waals surface area contributed by atoms with Crippen LogP contribution in [0.25, 0.3) is 0 Å². The van der Waals surface area contributed by atoms with E-state index < -0.39 is 18.1 Å². The number of amides is 1. The number of carbonyl (C=O) groups is 2. The van der Waals surface area contributed by atoms with Crippen molar-refractivity contribution < 1.29 is 24.2 Å². The molecule has 3 heterocycles. The first kappa shape index (κ1) is 24.7. The fourth-order valence-corrected chi connectivity index (χ4v) is 5.17. The van der Waals surface area contributed by atoms with Crippen molar-refractivity contribution in [2.75, 3.05) is 13.7 Å². The zero-order valence-corrected chi connectivity index (χ0v) is 21.0. The molecule has 0 unspecified atom stereocenters. The Labute approximate surface area is 217 Å². The molecule has 0 aliphatic carbocycles. The van der Waals surface area contributed by atoms with Gasteiger partial charge < -0.3 is 19.5 Å². The van der Waals surface area contributed by atoms with Gasteiger partial charge in [0.2, 0.25) is 0 Å². The second-order valence-electron chi connectivity index (χ2n) is 8.73. The minimum absolute atomic E-state index is 0.0402. The zero-order valence-electron chi connectivity index (χ0n) is 20.1. The van der Waals surface area contributed by atoms with Gasteiger partial charge in [-0.05, 0) is 47.7 Å². The third kappa shape index (κ3) is 5.40. The van der Waals surface area contributed by atoms with Crippen molar-refractivity contribution in [2.45, 2.75) is 31.2 Å². The molecule has 0 radical (unpaired) electrons. The van der Waals surface area contributed by atoms with Crippen molar-refractivity contribution in [3.8, 4) is 5.75 Å². The van der Waals surface area contributed by atoms with Crippen molar-refractivity contribution >= 4 is 23.2 Å². The lowest BCUT2D eigenvalue weighted by Crippen LogP contribution is -2.49. The van der Waals surface area contributed by atoms with Crippen LogP contribution in [-0.2, 0) is 11.3 Å². The summed E-state index contributed by atoms with van der Waals surface area (Å²) in [4.78, 5) is 27.9. The molecule has 9 nitrogen and oxygen atoms in total. The number of esters is 1. The summed E-state index contributed by atoms with van der Waals surface area (Å²) in [5, 5.41) is 21.3. The summed E-state index contributed by atoms with van der Waals surface area (Å²) in [6.45, 7) is 0.0950. The highest BCUT2D eigenvalue weighted by atomic mass is 32.1. The number of aromatic nitrogens is 3. The normalized spacial score (nSPS) is 19.4. The van der Waals surface area contributed by atoms with Crippen LogP contribution < -0.4 is 4.74 Å². The van der Waals surface area contributed by atoms with Gasteiger partial charge in [-0.3, -0.25) is 4.79 Å². The molecule has 0 spiro atoms. The maximum absolute atomic E-state index is 13.3. The largest absolute Gasteiger partial charge is 0.497 e. The van der Waals surface area contributed by atoms with Gasteiger partial charge in [0.1, 0.15) is 18.1 Å². The van der Waals surface area contributed by atoms with Gasteiger partial charge in [-0.2, -0.15) is 0 Å². The number of piperidine rings is 1. The van der Waals surface area contributed by atoms with Crippen LogP contribution in [0.1, 0.15) is 49.8 Å². The van der Waals surface area contributed by atoms with Gasteiger partial charge in [-0.15, -0.1) is 16.4 Å². The standard InChI is InChI=1S/C27H26N4O5S/c1-35-21-11-9-18(10-12-21)22-14-23(24(32)16-30(22)26(33)25-8-5-13-37-25)31-15-20(28-29-31)17-36-27(34)19-6-3-2-4-7-19/h2-13,15,22-24,32H,14,16-17H2,1H3/t22-,23+,24+/m1/s1. The Morgan fingerprint density at radius 1 is 1.08 bits per heavy atom. The van der Waals surface area contributed by atoms with E-state index in [0.29, 0.717) is 22.6 Å². The van der Waals surface area contributed by atoms with E-state index in [9.17, 15) is 14.7 Å². The summed E-state index contributed by atoms with van der Waals surface area (Å²) in [5.41, 5.74) is 1.85. The van der Waals surface area contributed by atoms with E-state index in [1.807, 2.05) is 41.8 Å². The maximum Gasteiger partial charge on any atom is 0.338 e. The van der Waals surface area contributed by atoms with Crippen LogP contribution in [0.15, 0.2) is 78.3 Å². The molecule has 5 rings (SSSR count). The number of likely N-dealkylation sites (tertiary alicyclic amines) is 1. The molecule has 190 valence electrons. The highest BCUT2D eigenvalue weighted by Crippen LogP contribution is 2.38. The number of thiophene rings is 1. The van der Waals surface area contributed by atoms with Crippen molar-refractivity contribution in [2.24, 2.45) is 0 Å². The highest BCUT2D eigenvalue weighted by molar-refractivity contribution is 7.12. The van der Waals surface area contributed by atoms with E-state index in [1.165, 1.54) is 11.3 Å². The molecule has 1 saturated heterocycles. The fourth-order valence-electron chi connectivity index (χ4n) is 4.49. The number of β-amino-alcohol motifs (C(OH)–C–C–N with tert-alkyl or cyclic N) is 1. The van der Waals surface area contributed by atoms with Crippen LogP contribution in [0.3, 0.4) is 0 Å². The Hall–Kier alpha value is -4.02. The number of carbonyl (C=O) groups excluding carboxylic acids is 2. The third-order valence-electron chi connectivity index (χ3n) is 6.42. The van der Waals surface area contributed by atoms with Gasteiger partial charge in [0, 0.05) is 6.54 Å². The van der Waals surface area contributed by atoms with Gasteiger partial charge in [0.15, 0.2) is 0 Å². The minimum Gasteiger partial charge on any atom is -0.497 e. The van der Waals surface area contributed by atoms with Crippen LogP contribution in [0.4, 0.5) is 0 Å². The Morgan fingerprint density at radius 3 is 2.57 bits per heavy atom. The molecule has 37 heavy (non-hydrogen) atoms. The Morgan fingerprint density at radius 2 is 1.86 bits per heavy atom. The third-order valence-corrected chi connectivity index (χ3v) is 7.28. The molecule has 10 heteroatoms. The van der Waals surface area contributed by atoms with Crippen molar-refractivity contribution in [1.82, 2.24) is 19.9 Å². The van der Waals surface area contributed by atoms with Crippen LogP contribution in [0, 0.1) is 0 Å². The Kier molecular flexibility index (Phi) is 7.29. The van der Waals surface area contributed by atoms with Gasteiger partial charge in [0.25, 0.3) is 5.91 Å².